The fourth-order valence-corrected chi connectivity index (χ4v) is 2.83. The first-order chi connectivity index (χ1) is 7.98. The van der Waals surface area contributed by atoms with Crippen molar-refractivity contribution >= 4 is 5.97 Å². The van der Waals surface area contributed by atoms with Crippen LogP contribution in [0.1, 0.15) is 52.9 Å². The smallest absolute Gasteiger partial charge is 0.308 e. The summed E-state index contributed by atoms with van der Waals surface area (Å²) in [5.74, 6) is 0.247. The van der Waals surface area contributed by atoms with Gasteiger partial charge in [-0.3, -0.25) is 9.69 Å². The maximum atomic E-state index is 11.7. The van der Waals surface area contributed by atoms with E-state index in [4.69, 9.17) is 4.74 Å². The van der Waals surface area contributed by atoms with E-state index in [2.05, 4.69) is 25.7 Å². The minimum Gasteiger partial charge on any atom is -0.464 e. The molecule has 1 atom stereocenters. The molecule has 0 aromatic rings. The molecule has 0 aromatic carbocycles. The van der Waals surface area contributed by atoms with E-state index in [-0.39, 0.29) is 17.4 Å². The molecule has 17 heavy (non-hydrogen) atoms. The highest BCUT2D eigenvalue weighted by Gasteiger charge is 2.34. The van der Waals surface area contributed by atoms with Gasteiger partial charge in [-0.1, -0.05) is 6.42 Å². The van der Waals surface area contributed by atoms with Crippen LogP contribution in [0.2, 0.25) is 0 Å². The van der Waals surface area contributed by atoms with Gasteiger partial charge in [0.1, 0.15) is 6.61 Å². The lowest BCUT2D eigenvalue weighted by Gasteiger charge is -2.37. The van der Waals surface area contributed by atoms with Crippen LogP contribution in [-0.2, 0) is 9.53 Å². The number of esters is 1. The van der Waals surface area contributed by atoms with Crippen LogP contribution in [0.25, 0.3) is 0 Å². The summed E-state index contributed by atoms with van der Waals surface area (Å²) in [6.07, 6.45) is 5.65. The number of hydrogen-bond acceptors (Lipinski definition) is 3. The molecule has 2 fully saturated rings. The number of nitrogens with zero attached hydrogens (tertiary/aromatic N) is 1. The molecule has 0 radical (unpaired) electrons. The second-order valence-electron chi connectivity index (χ2n) is 6.42. The van der Waals surface area contributed by atoms with Crippen molar-refractivity contribution < 1.29 is 9.53 Å². The zero-order valence-corrected chi connectivity index (χ0v) is 11.4. The van der Waals surface area contributed by atoms with Crippen LogP contribution >= 0.6 is 0 Å². The molecule has 3 nitrogen and oxygen atoms in total. The lowest BCUT2D eigenvalue weighted by Crippen LogP contribution is -2.46. The van der Waals surface area contributed by atoms with Gasteiger partial charge in [-0.05, 0) is 53.0 Å². The molecule has 0 bridgehead atoms. The van der Waals surface area contributed by atoms with Crippen molar-refractivity contribution in [2.45, 2.75) is 64.5 Å². The molecule has 3 heteroatoms. The van der Waals surface area contributed by atoms with Crippen LogP contribution in [0.15, 0.2) is 0 Å². The second-order valence-corrected chi connectivity index (χ2v) is 6.42. The van der Waals surface area contributed by atoms with E-state index < -0.39 is 0 Å². The molecule has 1 saturated heterocycles. The molecule has 1 saturated carbocycles. The third kappa shape index (κ3) is 3.01. The molecule has 0 aromatic heterocycles. The van der Waals surface area contributed by atoms with E-state index in [1.54, 1.807) is 0 Å². The lowest BCUT2D eigenvalue weighted by molar-refractivity contribution is -0.153. The van der Waals surface area contributed by atoms with Crippen LogP contribution in [0.4, 0.5) is 0 Å². The first-order valence-corrected chi connectivity index (χ1v) is 6.92. The Hall–Kier alpha value is -0.570. The van der Waals surface area contributed by atoms with Gasteiger partial charge in [-0.25, -0.2) is 0 Å². The van der Waals surface area contributed by atoms with Crippen molar-refractivity contribution in [1.82, 2.24) is 4.90 Å². The third-order valence-corrected chi connectivity index (χ3v) is 4.10. The Morgan fingerprint density at radius 3 is 2.47 bits per heavy atom. The Labute approximate surface area is 105 Å². The zero-order valence-electron chi connectivity index (χ0n) is 11.4. The Bertz CT molecular complexity index is 278. The van der Waals surface area contributed by atoms with Crippen molar-refractivity contribution in [2.24, 2.45) is 5.92 Å². The van der Waals surface area contributed by atoms with Crippen molar-refractivity contribution in [3.63, 3.8) is 0 Å². The standard InChI is InChI=1S/C14H25NO2/c1-14(2,3)15-9-5-8-12(15)10-17-13(16)11-6-4-7-11/h11-12H,4-10H2,1-3H3. The van der Waals surface area contributed by atoms with Gasteiger partial charge < -0.3 is 4.74 Å². The molecule has 1 heterocycles. The second kappa shape index (κ2) is 4.97. The topological polar surface area (TPSA) is 29.5 Å². The summed E-state index contributed by atoms with van der Waals surface area (Å²) in [5, 5.41) is 0. The predicted molar refractivity (Wildman–Crippen MR) is 67.8 cm³/mol. The average Bonchev–Trinajstić information content (AvgIpc) is 2.58. The van der Waals surface area contributed by atoms with Gasteiger partial charge in [-0.2, -0.15) is 0 Å². The van der Waals surface area contributed by atoms with E-state index in [9.17, 15) is 4.79 Å². The summed E-state index contributed by atoms with van der Waals surface area (Å²) < 4.78 is 5.47. The molecule has 1 aliphatic heterocycles. The number of likely N-dealkylation sites (tertiary alicyclic amines) is 1. The fraction of sp³-hybridized carbons (Fsp3) is 0.929. The maximum absolute atomic E-state index is 11.7. The first kappa shape index (κ1) is 12.9. The Morgan fingerprint density at radius 1 is 1.24 bits per heavy atom. The van der Waals surface area contributed by atoms with Crippen molar-refractivity contribution in [3.05, 3.63) is 0 Å². The molecule has 1 aliphatic carbocycles. The highest BCUT2D eigenvalue weighted by Crippen LogP contribution is 2.29. The van der Waals surface area contributed by atoms with E-state index in [0.717, 1.165) is 25.8 Å². The maximum Gasteiger partial charge on any atom is 0.308 e. The summed E-state index contributed by atoms with van der Waals surface area (Å²) >= 11 is 0. The molecular weight excluding hydrogens is 214 g/mol. The minimum absolute atomic E-state index is 0.0389. The summed E-state index contributed by atoms with van der Waals surface area (Å²) in [5.41, 5.74) is 0.185. The van der Waals surface area contributed by atoms with E-state index >= 15 is 0 Å². The van der Waals surface area contributed by atoms with Gasteiger partial charge >= 0.3 is 5.97 Å². The van der Waals surface area contributed by atoms with E-state index in [1.165, 1.54) is 12.8 Å². The zero-order chi connectivity index (χ0) is 12.5. The fourth-order valence-electron chi connectivity index (χ4n) is 2.83. The predicted octanol–water partition coefficient (Wildman–Crippen LogP) is 2.59. The van der Waals surface area contributed by atoms with Gasteiger partial charge in [0.15, 0.2) is 0 Å². The van der Waals surface area contributed by atoms with Gasteiger partial charge in [0.25, 0.3) is 0 Å². The third-order valence-electron chi connectivity index (χ3n) is 4.10. The normalized spacial score (nSPS) is 26.9. The van der Waals surface area contributed by atoms with Crippen molar-refractivity contribution in [3.8, 4) is 0 Å². The Morgan fingerprint density at radius 2 is 1.94 bits per heavy atom. The highest BCUT2D eigenvalue weighted by molar-refractivity contribution is 5.73. The molecule has 1 unspecified atom stereocenters. The van der Waals surface area contributed by atoms with Gasteiger partial charge in [0.05, 0.1) is 5.92 Å². The quantitative estimate of drug-likeness (QED) is 0.709. The van der Waals surface area contributed by atoms with Gasteiger partial charge in [0.2, 0.25) is 0 Å². The average molecular weight is 239 g/mol. The van der Waals surface area contributed by atoms with Crippen LogP contribution in [0, 0.1) is 5.92 Å². The van der Waals surface area contributed by atoms with Crippen molar-refractivity contribution in [2.75, 3.05) is 13.2 Å². The van der Waals surface area contributed by atoms with Crippen molar-refractivity contribution in [1.29, 1.82) is 0 Å². The Balaban J connectivity index is 1.79. The summed E-state index contributed by atoms with van der Waals surface area (Å²) in [6, 6.07) is 0.430. The molecule has 0 N–H and O–H groups in total. The van der Waals surface area contributed by atoms with E-state index in [0.29, 0.717) is 12.6 Å². The molecule has 0 amide bonds. The molecule has 2 aliphatic rings. The number of hydrogen-bond donors (Lipinski definition) is 0. The summed E-state index contributed by atoms with van der Waals surface area (Å²) in [7, 11) is 0. The first-order valence-electron chi connectivity index (χ1n) is 6.92. The van der Waals surface area contributed by atoms with E-state index in [1.807, 2.05) is 0 Å². The molecular formula is C14H25NO2. The Kier molecular flexibility index (Phi) is 3.76. The van der Waals surface area contributed by atoms with Crippen LogP contribution < -0.4 is 0 Å². The number of ether oxygens (including phenoxy) is 1. The van der Waals surface area contributed by atoms with Gasteiger partial charge in [0, 0.05) is 11.6 Å². The number of carbonyl (C=O) groups is 1. The number of carbonyl (C=O) groups excluding carboxylic acids is 1. The molecule has 0 spiro atoms. The largest absolute Gasteiger partial charge is 0.464 e. The lowest BCUT2D eigenvalue weighted by atomic mass is 9.86. The van der Waals surface area contributed by atoms with Crippen LogP contribution in [-0.4, -0.2) is 35.6 Å². The highest BCUT2D eigenvalue weighted by atomic mass is 16.5. The number of rotatable bonds is 3. The van der Waals surface area contributed by atoms with Crippen LogP contribution in [0.3, 0.4) is 0 Å². The molecule has 2 rings (SSSR count). The van der Waals surface area contributed by atoms with Crippen LogP contribution in [0.5, 0.6) is 0 Å². The SMILES string of the molecule is CC(C)(C)N1CCCC1COC(=O)C1CCC1. The molecule has 98 valence electrons. The monoisotopic (exact) mass is 239 g/mol. The summed E-state index contributed by atoms with van der Waals surface area (Å²) in [4.78, 5) is 14.2. The summed E-state index contributed by atoms with van der Waals surface area (Å²) in [6.45, 7) is 8.43. The minimum atomic E-state index is 0.0389. The van der Waals surface area contributed by atoms with Gasteiger partial charge in [-0.15, -0.1) is 0 Å².